The summed E-state index contributed by atoms with van der Waals surface area (Å²) >= 11 is 0. The van der Waals surface area contributed by atoms with Crippen LogP contribution in [-0.2, 0) is 4.74 Å². The van der Waals surface area contributed by atoms with Crippen LogP contribution >= 0.6 is 0 Å². The van der Waals surface area contributed by atoms with Gasteiger partial charge in [0.05, 0.1) is 19.3 Å². The number of anilines is 1. The van der Waals surface area contributed by atoms with Gasteiger partial charge in [0.2, 0.25) is 0 Å². The normalized spacial score (nSPS) is 20.2. The van der Waals surface area contributed by atoms with Crippen LogP contribution in [0.4, 0.5) is 5.69 Å². The molecule has 0 bridgehead atoms. The van der Waals surface area contributed by atoms with Crippen LogP contribution in [0.3, 0.4) is 0 Å². The van der Waals surface area contributed by atoms with Crippen molar-refractivity contribution in [2.45, 2.75) is 33.2 Å². The Morgan fingerprint density at radius 3 is 2.56 bits per heavy atom. The fourth-order valence-electron chi connectivity index (χ4n) is 3.01. The molecule has 1 aliphatic rings. The second-order valence-electron chi connectivity index (χ2n) is 5.25. The Morgan fingerprint density at radius 2 is 1.94 bits per heavy atom. The maximum atomic E-state index is 5.72. The molecule has 1 heterocycles. The van der Waals surface area contributed by atoms with Crippen molar-refractivity contribution in [3.8, 4) is 0 Å². The topological polar surface area (TPSA) is 38.5 Å². The van der Waals surface area contributed by atoms with Gasteiger partial charge in [-0.05, 0) is 44.9 Å². The van der Waals surface area contributed by atoms with Gasteiger partial charge in [-0.3, -0.25) is 0 Å². The number of rotatable bonds is 3. The van der Waals surface area contributed by atoms with E-state index in [1.807, 2.05) is 0 Å². The molecule has 0 saturated carbocycles. The highest BCUT2D eigenvalue weighted by atomic mass is 16.5. The van der Waals surface area contributed by atoms with Crippen LogP contribution in [0.25, 0.3) is 0 Å². The number of aryl methyl sites for hydroxylation is 3. The first-order valence-corrected chi connectivity index (χ1v) is 6.75. The van der Waals surface area contributed by atoms with Crippen LogP contribution in [0.15, 0.2) is 12.1 Å². The highest BCUT2D eigenvalue weighted by Gasteiger charge is 2.24. The Labute approximate surface area is 110 Å². The fourth-order valence-corrected chi connectivity index (χ4v) is 3.01. The highest BCUT2D eigenvalue weighted by Crippen LogP contribution is 2.29. The molecule has 1 aromatic rings. The van der Waals surface area contributed by atoms with Crippen LogP contribution < -0.4 is 10.6 Å². The number of hydrogen-bond acceptors (Lipinski definition) is 3. The molecule has 2 rings (SSSR count). The van der Waals surface area contributed by atoms with Gasteiger partial charge in [0.25, 0.3) is 0 Å². The molecular weight excluding hydrogens is 224 g/mol. The maximum Gasteiger partial charge on any atom is 0.0671 e. The number of benzene rings is 1. The first kappa shape index (κ1) is 13.4. The van der Waals surface area contributed by atoms with Gasteiger partial charge in [-0.2, -0.15) is 0 Å². The van der Waals surface area contributed by atoms with E-state index < -0.39 is 0 Å². The second kappa shape index (κ2) is 5.72. The lowest BCUT2D eigenvalue weighted by Gasteiger charge is -2.39. The Hall–Kier alpha value is -1.06. The summed E-state index contributed by atoms with van der Waals surface area (Å²) in [5.74, 6) is 0. The van der Waals surface area contributed by atoms with Crippen LogP contribution in [0.5, 0.6) is 0 Å². The lowest BCUT2D eigenvalue weighted by molar-refractivity contribution is 0.0921. The molecule has 18 heavy (non-hydrogen) atoms. The lowest BCUT2D eigenvalue weighted by Crippen LogP contribution is -2.47. The predicted octanol–water partition coefficient (Wildman–Crippen LogP) is 2.17. The zero-order valence-corrected chi connectivity index (χ0v) is 11.7. The molecule has 1 fully saturated rings. The van der Waals surface area contributed by atoms with Crippen LogP contribution in [0, 0.1) is 20.8 Å². The molecule has 2 N–H and O–H groups in total. The van der Waals surface area contributed by atoms with Crippen LogP contribution in [0.1, 0.15) is 23.1 Å². The minimum Gasteiger partial charge on any atom is -0.377 e. The van der Waals surface area contributed by atoms with E-state index in [1.165, 1.54) is 22.4 Å². The molecule has 0 aromatic heterocycles. The Morgan fingerprint density at radius 1 is 1.28 bits per heavy atom. The minimum absolute atomic E-state index is 0.420. The summed E-state index contributed by atoms with van der Waals surface area (Å²) in [5, 5.41) is 0. The third-order valence-corrected chi connectivity index (χ3v) is 3.65. The quantitative estimate of drug-likeness (QED) is 0.891. The zero-order valence-electron chi connectivity index (χ0n) is 11.7. The summed E-state index contributed by atoms with van der Waals surface area (Å²) in [4.78, 5) is 2.49. The maximum absolute atomic E-state index is 5.72. The van der Waals surface area contributed by atoms with E-state index in [2.05, 4.69) is 37.8 Å². The molecule has 0 radical (unpaired) electrons. The van der Waals surface area contributed by atoms with Crippen molar-refractivity contribution in [3.05, 3.63) is 28.8 Å². The van der Waals surface area contributed by atoms with Gasteiger partial charge in [0.1, 0.15) is 0 Å². The molecule has 1 atom stereocenters. The van der Waals surface area contributed by atoms with Gasteiger partial charge in [0.15, 0.2) is 0 Å². The van der Waals surface area contributed by atoms with Crippen molar-refractivity contribution in [2.75, 3.05) is 31.2 Å². The van der Waals surface area contributed by atoms with Crippen LogP contribution in [-0.4, -0.2) is 32.3 Å². The van der Waals surface area contributed by atoms with E-state index in [1.54, 1.807) is 0 Å². The van der Waals surface area contributed by atoms with E-state index in [0.29, 0.717) is 12.6 Å². The van der Waals surface area contributed by atoms with Gasteiger partial charge in [-0.15, -0.1) is 0 Å². The predicted molar refractivity (Wildman–Crippen MR) is 76.3 cm³/mol. The van der Waals surface area contributed by atoms with Crippen LogP contribution in [0.2, 0.25) is 0 Å². The Kier molecular flexibility index (Phi) is 4.25. The number of morpholine rings is 1. The molecular formula is C15H24N2O. The van der Waals surface area contributed by atoms with Gasteiger partial charge >= 0.3 is 0 Å². The summed E-state index contributed by atoms with van der Waals surface area (Å²) in [5.41, 5.74) is 11.1. The number of hydrogen-bond donors (Lipinski definition) is 1. The third kappa shape index (κ3) is 2.68. The van der Waals surface area contributed by atoms with Gasteiger partial charge in [-0.1, -0.05) is 17.7 Å². The summed E-state index contributed by atoms with van der Waals surface area (Å²) in [6, 6.07) is 4.94. The molecule has 0 aliphatic carbocycles. The van der Waals surface area contributed by atoms with Crippen molar-refractivity contribution in [3.63, 3.8) is 0 Å². The second-order valence-corrected chi connectivity index (χ2v) is 5.25. The van der Waals surface area contributed by atoms with E-state index in [4.69, 9.17) is 10.5 Å². The van der Waals surface area contributed by atoms with Gasteiger partial charge < -0.3 is 15.4 Å². The molecule has 1 aromatic carbocycles. The van der Waals surface area contributed by atoms with Crippen molar-refractivity contribution in [1.29, 1.82) is 0 Å². The molecule has 3 heteroatoms. The average molecular weight is 248 g/mol. The molecule has 100 valence electrons. The number of nitrogens with two attached hydrogens (primary N) is 1. The van der Waals surface area contributed by atoms with Crippen molar-refractivity contribution in [2.24, 2.45) is 5.73 Å². The molecule has 3 nitrogen and oxygen atoms in total. The zero-order chi connectivity index (χ0) is 13.1. The summed E-state index contributed by atoms with van der Waals surface area (Å²) in [7, 11) is 0. The molecule has 0 spiro atoms. The van der Waals surface area contributed by atoms with Crippen molar-refractivity contribution >= 4 is 5.69 Å². The standard InChI is InChI=1S/C15H24N2O/c1-11-8-12(2)15(13(3)9-11)17-6-7-18-10-14(17)4-5-16/h8-9,14H,4-7,10,16H2,1-3H3. The third-order valence-electron chi connectivity index (χ3n) is 3.65. The number of nitrogens with zero attached hydrogens (tertiary/aromatic N) is 1. The van der Waals surface area contributed by atoms with E-state index in [-0.39, 0.29) is 0 Å². The summed E-state index contributed by atoms with van der Waals surface area (Å²) in [6.45, 7) is 9.84. The van der Waals surface area contributed by atoms with Gasteiger partial charge in [-0.25, -0.2) is 0 Å². The lowest BCUT2D eigenvalue weighted by atomic mass is 10.0. The molecule has 1 unspecified atom stereocenters. The van der Waals surface area contributed by atoms with E-state index in [9.17, 15) is 0 Å². The van der Waals surface area contributed by atoms with E-state index in [0.717, 1.165) is 26.2 Å². The summed E-state index contributed by atoms with van der Waals surface area (Å²) in [6.07, 6.45) is 0.993. The fraction of sp³-hybridized carbons (Fsp3) is 0.600. The van der Waals surface area contributed by atoms with Gasteiger partial charge in [0, 0.05) is 12.2 Å². The van der Waals surface area contributed by atoms with Crippen molar-refractivity contribution in [1.82, 2.24) is 0 Å². The highest BCUT2D eigenvalue weighted by molar-refractivity contribution is 5.61. The summed E-state index contributed by atoms with van der Waals surface area (Å²) < 4.78 is 5.59. The molecule has 0 amide bonds. The molecule has 1 saturated heterocycles. The average Bonchev–Trinajstić information content (AvgIpc) is 2.30. The smallest absolute Gasteiger partial charge is 0.0671 e. The Balaban J connectivity index is 2.33. The first-order chi connectivity index (χ1) is 8.63. The largest absolute Gasteiger partial charge is 0.377 e. The monoisotopic (exact) mass is 248 g/mol. The number of ether oxygens (including phenoxy) is 1. The minimum atomic E-state index is 0.420. The Bertz CT molecular complexity index is 392. The molecule has 1 aliphatic heterocycles. The van der Waals surface area contributed by atoms with Crippen molar-refractivity contribution < 1.29 is 4.74 Å². The first-order valence-electron chi connectivity index (χ1n) is 6.75. The van der Waals surface area contributed by atoms with E-state index >= 15 is 0 Å². The SMILES string of the molecule is Cc1cc(C)c(N2CCOCC2CCN)c(C)c1.